The minimum atomic E-state index is -0.230. The van der Waals surface area contributed by atoms with Crippen molar-refractivity contribution < 1.29 is 19.0 Å². The van der Waals surface area contributed by atoms with Gasteiger partial charge in [0.25, 0.3) is 0 Å². The molecule has 2 atom stereocenters. The Morgan fingerprint density at radius 3 is 2.37 bits per heavy atom. The van der Waals surface area contributed by atoms with Gasteiger partial charge in [0.05, 0.1) is 18.7 Å². The molecule has 1 heterocycles. The third-order valence-corrected chi connectivity index (χ3v) is 4.43. The summed E-state index contributed by atoms with van der Waals surface area (Å²) in [5.41, 5.74) is 1.95. The van der Waals surface area contributed by atoms with Crippen LogP contribution in [0.1, 0.15) is 44.0 Å². The van der Waals surface area contributed by atoms with Gasteiger partial charge in [-0.2, -0.15) is 0 Å². The second kappa shape index (κ2) is 8.66. The predicted octanol–water partition coefficient (Wildman–Crippen LogP) is 3.98. The third kappa shape index (κ3) is 4.84. The van der Waals surface area contributed by atoms with Gasteiger partial charge in [-0.3, -0.25) is 0 Å². The lowest BCUT2D eigenvalue weighted by atomic mass is 10.1. The topological polar surface area (TPSA) is 68.8 Å². The van der Waals surface area contributed by atoms with Crippen molar-refractivity contribution in [2.45, 2.75) is 32.9 Å². The highest BCUT2D eigenvalue weighted by atomic mass is 16.6. The summed E-state index contributed by atoms with van der Waals surface area (Å²) >= 11 is 0. The summed E-state index contributed by atoms with van der Waals surface area (Å²) in [6.07, 6.45) is 0. The maximum absolute atomic E-state index is 12.4. The molecule has 0 aromatic heterocycles. The molecule has 2 unspecified atom stereocenters. The zero-order valence-electron chi connectivity index (χ0n) is 16.0. The molecule has 27 heavy (non-hydrogen) atoms. The van der Waals surface area contributed by atoms with E-state index in [9.17, 15) is 4.79 Å². The van der Waals surface area contributed by atoms with Crippen LogP contribution < -0.4 is 24.8 Å². The Morgan fingerprint density at radius 2 is 1.67 bits per heavy atom. The smallest absolute Gasteiger partial charge is 0.315 e. The molecule has 0 radical (unpaired) electrons. The van der Waals surface area contributed by atoms with E-state index in [1.807, 2.05) is 63.2 Å². The number of rotatable bonds is 6. The number of hydrogen-bond donors (Lipinski definition) is 2. The standard InChI is InChI=1S/C21H26N2O4/c1-4-25-18-7-5-6-16(12-18)14(2)22-21(24)23-15(3)17-8-9-19-20(13-17)27-11-10-26-19/h5-9,12-15H,4,10-11H2,1-3H3,(H2,22,23,24). The zero-order chi connectivity index (χ0) is 19.2. The summed E-state index contributed by atoms with van der Waals surface area (Å²) in [5, 5.41) is 5.93. The molecule has 0 bridgehead atoms. The van der Waals surface area contributed by atoms with Crippen LogP contribution in [-0.2, 0) is 0 Å². The van der Waals surface area contributed by atoms with Crippen LogP contribution in [-0.4, -0.2) is 25.9 Å². The van der Waals surface area contributed by atoms with Crippen LogP contribution in [0.2, 0.25) is 0 Å². The predicted molar refractivity (Wildman–Crippen MR) is 104 cm³/mol. The van der Waals surface area contributed by atoms with Gasteiger partial charge in [0.1, 0.15) is 19.0 Å². The van der Waals surface area contributed by atoms with Gasteiger partial charge < -0.3 is 24.8 Å². The van der Waals surface area contributed by atoms with E-state index in [0.717, 1.165) is 22.6 Å². The first-order valence-electron chi connectivity index (χ1n) is 9.26. The molecule has 0 aliphatic carbocycles. The summed E-state index contributed by atoms with van der Waals surface area (Å²) in [7, 11) is 0. The van der Waals surface area contributed by atoms with Gasteiger partial charge in [-0.25, -0.2) is 4.79 Å². The lowest BCUT2D eigenvalue weighted by Gasteiger charge is -2.22. The number of fused-ring (bicyclic) bond motifs is 1. The van der Waals surface area contributed by atoms with Crippen LogP contribution in [0.15, 0.2) is 42.5 Å². The molecule has 0 saturated heterocycles. The average Bonchev–Trinajstić information content (AvgIpc) is 2.68. The fraction of sp³-hybridized carbons (Fsp3) is 0.381. The molecule has 2 N–H and O–H groups in total. The lowest BCUT2D eigenvalue weighted by Crippen LogP contribution is -2.38. The molecule has 144 valence electrons. The van der Waals surface area contributed by atoms with Gasteiger partial charge in [0.2, 0.25) is 0 Å². The molecule has 0 spiro atoms. The van der Waals surface area contributed by atoms with Gasteiger partial charge >= 0.3 is 6.03 Å². The Balaban J connectivity index is 1.59. The highest BCUT2D eigenvalue weighted by Crippen LogP contribution is 2.32. The third-order valence-electron chi connectivity index (χ3n) is 4.43. The van der Waals surface area contributed by atoms with E-state index in [4.69, 9.17) is 14.2 Å². The molecule has 2 aromatic carbocycles. The van der Waals surface area contributed by atoms with Crippen molar-refractivity contribution in [1.29, 1.82) is 0 Å². The van der Waals surface area contributed by atoms with Gasteiger partial charge in [-0.15, -0.1) is 0 Å². The number of hydrogen-bond acceptors (Lipinski definition) is 4. The molecule has 1 aliphatic rings. The average molecular weight is 370 g/mol. The van der Waals surface area contributed by atoms with Crippen LogP contribution in [0.4, 0.5) is 4.79 Å². The maximum Gasteiger partial charge on any atom is 0.315 e. The fourth-order valence-electron chi connectivity index (χ4n) is 2.97. The van der Waals surface area contributed by atoms with Crippen LogP contribution in [0.25, 0.3) is 0 Å². The van der Waals surface area contributed by atoms with Crippen LogP contribution in [0.5, 0.6) is 17.2 Å². The van der Waals surface area contributed by atoms with E-state index in [1.54, 1.807) is 0 Å². The lowest BCUT2D eigenvalue weighted by molar-refractivity contribution is 0.171. The van der Waals surface area contributed by atoms with Gasteiger partial charge in [0, 0.05) is 0 Å². The fourth-order valence-corrected chi connectivity index (χ4v) is 2.97. The minimum Gasteiger partial charge on any atom is -0.494 e. The van der Waals surface area contributed by atoms with E-state index < -0.39 is 0 Å². The Morgan fingerprint density at radius 1 is 1.00 bits per heavy atom. The summed E-state index contributed by atoms with van der Waals surface area (Å²) in [6, 6.07) is 12.9. The molecule has 0 fully saturated rings. The van der Waals surface area contributed by atoms with Gasteiger partial charge in [0.15, 0.2) is 11.5 Å². The van der Waals surface area contributed by atoms with Crippen molar-refractivity contribution in [3.63, 3.8) is 0 Å². The Bertz CT molecular complexity index is 794. The first kappa shape index (κ1) is 18.9. The molecular weight excluding hydrogens is 344 g/mol. The first-order valence-corrected chi connectivity index (χ1v) is 9.26. The van der Waals surface area contributed by atoms with E-state index in [0.29, 0.717) is 25.6 Å². The molecule has 6 nitrogen and oxygen atoms in total. The van der Waals surface area contributed by atoms with E-state index in [1.165, 1.54) is 0 Å². The Hall–Kier alpha value is -2.89. The number of urea groups is 1. The Kier molecular flexibility index (Phi) is 6.06. The van der Waals surface area contributed by atoms with Crippen molar-refractivity contribution in [3.05, 3.63) is 53.6 Å². The van der Waals surface area contributed by atoms with E-state index in [-0.39, 0.29) is 18.1 Å². The van der Waals surface area contributed by atoms with Crippen molar-refractivity contribution in [2.24, 2.45) is 0 Å². The number of ether oxygens (including phenoxy) is 3. The van der Waals surface area contributed by atoms with E-state index >= 15 is 0 Å². The van der Waals surface area contributed by atoms with Crippen molar-refractivity contribution >= 4 is 6.03 Å². The quantitative estimate of drug-likeness (QED) is 0.807. The van der Waals surface area contributed by atoms with Crippen LogP contribution >= 0.6 is 0 Å². The van der Waals surface area contributed by atoms with Crippen LogP contribution in [0.3, 0.4) is 0 Å². The summed E-state index contributed by atoms with van der Waals surface area (Å²) in [5.74, 6) is 2.26. The van der Waals surface area contributed by atoms with Crippen molar-refractivity contribution in [2.75, 3.05) is 19.8 Å². The number of amides is 2. The first-order chi connectivity index (χ1) is 13.1. The number of benzene rings is 2. The summed E-state index contributed by atoms with van der Waals surface area (Å²) in [6.45, 7) is 7.53. The molecule has 6 heteroatoms. The SMILES string of the molecule is CCOc1cccc(C(C)NC(=O)NC(C)c2ccc3c(c2)OCCO3)c1. The highest BCUT2D eigenvalue weighted by Gasteiger charge is 2.17. The molecule has 1 aliphatic heterocycles. The monoisotopic (exact) mass is 370 g/mol. The molecule has 2 aromatic rings. The molecule has 3 rings (SSSR count). The van der Waals surface area contributed by atoms with E-state index in [2.05, 4.69) is 10.6 Å². The maximum atomic E-state index is 12.4. The second-order valence-electron chi connectivity index (χ2n) is 6.47. The van der Waals surface area contributed by atoms with Crippen molar-refractivity contribution in [1.82, 2.24) is 10.6 Å². The largest absolute Gasteiger partial charge is 0.494 e. The summed E-state index contributed by atoms with van der Waals surface area (Å²) < 4.78 is 16.7. The number of carbonyl (C=O) groups is 1. The van der Waals surface area contributed by atoms with Crippen molar-refractivity contribution in [3.8, 4) is 17.2 Å². The number of carbonyl (C=O) groups excluding carboxylic acids is 1. The summed E-state index contributed by atoms with van der Waals surface area (Å²) in [4.78, 5) is 12.4. The minimum absolute atomic E-state index is 0.141. The number of nitrogens with one attached hydrogen (secondary N) is 2. The Labute approximate surface area is 159 Å². The molecule has 0 saturated carbocycles. The zero-order valence-corrected chi connectivity index (χ0v) is 16.0. The molecular formula is C21H26N2O4. The van der Waals surface area contributed by atoms with Crippen LogP contribution in [0, 0.1) is 0 Å². The normalized spacial score (nSPS) is 14.8. The van der Waals surface area contributed by atoms with Gasteiger partial charge in [-0.05, 0) is 56.2 Å². The van der Waals surface area contributed by atoms with Gasteiger partial charge in [-0.1, -0.05) is 18.2 Å². The second-order valence-corrected chi connectivity index (χ2v) is 6.47. The highest BCUT2D eigenvalue weighted by molar-refractivity contribution is 5.75. The molecule has 2 amide bonds.